The van der Waals surface area contributed by atoms with E-state index in [-0.39, 0.29) is 17.8 Å². The van der Waals surface area contributed by atoms with E-state index in [1.54, 1.807) is 24.3 Å². The molecule has 0 atom stereocenters. The Morgan fingerprint density at radius 3 is 2.33 bits per heavy atom. The number of nitrogens with one attached hydrogen (secondary N) is 1. The van der Waals surface area contributed by atoms with Gasteiger partial charge in [-0.25, -0.2) is 8.78 Å². The van der Waals surface area contributed by atoms with E-state index in [0.717, 1.165) is 6.07 Å². The van der Waals surface area contributed by atoms with Crippen molar-refractivity contribution in [1.29, 1.82) is 0 Å². The lowest BCUT2D eigenvalue weighted by Crippen LogP contribution is -2.15. The second-order valence-corrected chi connectivity index (χ2v) is 4.57. The van der Waals surface area contributed by atoms with Crippen molar-refractivity contribution in [2.75, 3.05) is 5.32 Å². The van der Waals surface area contributed by atoms with Gasteiger partial charge in [-0.05, 0) is 37.3 Å². The van der Waals surface area contributed by atoms with E-state index in [2.05, 4.69) is 5.32 Å². The van der Waals surface area contributed by atoms with E-state index in [4.69, 9.17) is 0 Å². The summed E-state index contributed by atoms with van der Waals surface area (Å²) in [5.41, 5.74) is 1.01. The van der Waals surface area contributed by atoms with Crippen LogP contribution in [0.3, 0.4) is 0 Å². The van der Waals surface area contributed by atoms with E-state index in [1.165, 1.54) is 19.1 Å². The smallest absolute Gasteiger partial charge is 0.228 e. The topological polar surface area (TPSA) is 46.2 Å². The molecular weight excluding hydrogens is 276 g/mol. The number of anilines is 1. The van der Waals surface area contributed by atoms with Gasteiger partial charge in [0.1, 0.15) is 0 Å². The third-order valence-corrected chi connectivity index (χ3v) is 2.96. The molecule has 0 aliphatic carbocycles. The summed E-state index contributed by atoms with van der Waals surface area (Å²) in [6, 6.07) is 10.0. The molecule has 1 amide bonds. The fraction of sp³-hybridized carbons (Fsp3) is 0.125. The summed E-state index contributed by atoms with van der Waals surface area (Å²) in [7, 11) is 0. The molecule has 0 aromatic heterocycles. The lowest BCUT2D eigenvalue weighted by molar-refractivity contribution is -0.115. The number of amides is 1. The zero-order valence-electron chi connectivity index (χ0n) is 11.3. The van der Waals surface area contributed by atoms with Crippen LogP contribution in [0.2, 0.25) is 0 Å². The van der Waals surface area contributed by atoms with E-state index < -0.39 is 17.5 Å². The largest absolute Gasteiger partial charge is 0.326 e. The normalized spacial score (nSPS) is 10.2. The molecule has 0 unspecified atom stereocenters. The van der Waals surface area contributed by atoms with Crippen LogP contribution in [0.4, 0.5) is 14.5 Å². The molecule has 2 aromatic rings. The zero-order chi connectivity index (χ0) is 15.4. The molecule has 0 saturated heterocycles. The van der Waals surface area contributed by atoms with Gasteiger partial charge in [-0.2, -0.15) is 0 Å². The third-order valence-electron chi connectivity index (χ3n) is 2.96. The number of hydrogen-bond donors (Lipinski definition) is 1. The van der Waals surface area contributed by atoms with Crippen LogP contribution < -0.4 is 5.32 Å². The minimum Gasteiger partial charge on any atom is -0.326 e. The van der Waals surface area contributed by atoms with Crippen molar-refractivity contribution in [3.05, 3.63) is 65.2 Å². The van der Waals surface area contributed by atoms with Crippen molar-refractivity contribution in [3.63, 3.8) is 0 Å². The molecule has 0 spiro atoms. The quantitative estimate of drug-likeness (QED) is 0.877. The number of carbonyl (C=O) groups excluding carboxylic acids is 2. The first-order valence-corrected chi connectivity index (χ1v) is 6.31. The SMILES string of the molecule is CC(=O)c1ccc(NC(=O)Cc2cccc(F)c2F)cc1. The Morgan fingerprint density at radius 1 is 1.05 bits per heavy atom. The fourth-order valence-corrected chi connectivity index (χ4v) is 1.85. The van der Waals surface area contributed by atoms with Crippen molar-refractivity contribution in [2.24, 2.45) is 0 Å². The molecule has 0 aliphatic heterocycles. The molecule has 5 heteroatoms. The summed E-state index contributed by atoms with van der Waals surface area (Å²) < 4.78 is 26.5. The molecule has 0 heterocycles. The highest BCUT2D eigenvalue weighted by atomic mass is 19.2. The van der Waals surface area contributed by atoms with Crippen LogP contribution in [0.25, 0.3) is 0 Å². The summed E-state index contributed by atoms with van der Waals surface area (Å²) in [6.45, 7) is 1.44. The number of halogens is 2. The average Bonchev–Trinajstić information content (AvgIpc) is 2.44. The molecule has 0 radical (unpaired) electrons. The van der Waals surface area contributed by atoms with Crippen LogP contribution in [0.15, 0.2) is 42.5 Å². The van der Waals surface area contributed by atoms with E-state index in [1.807, 2.05) is 0 Å². The van der Waals surface area contributed by atoms with Crippen molar-refractivity contribution in [2.45, 2.75) is 13.3 Å². The molecule has 2 aromatic carbocycles. The number of hydrogen-bond acceptors (Lipinski definition) is 2. The van der Waals surface area contributed by atoms with Gasteiger partial charge in [0.2, 0.25) is 5.91 Å². The Bertz CT molecular complexity index is 681. The maximum Gasteiger partial charge on any atom is 0.228 e. The first-order chi connectivity index (χ1) is 9.97. The van der Waals surface area contributed by atoms with Gasteiger partial charge >= 0.3 is 0 Å². The second kappa shape index (κ2) is 6.26. The summed E-state index contributed by atoms with van der Waals surface area (Å²) in [5.74, 6) is -2.53. The van der Waals surface area contributed by atoms with Crippen LogP contribution in [0, 0.1) is 11.6 Å². The predicted octanol–water partition coefficient (Wildman–Crippen LogP) is 3.35. The van der Waals surface area contributed by atoms with Crippen molar-refractivity contribution < 1.29 is 18.4 Å². The highest BCUT2D eigenvalue weighted by molar-refractivity contribution is 5.96. The van der Waals surface area contributed by atoms with E-state index >= 15 is 0 Å². The highest BCUT2D eigenvalue weighted by Crippen LogP contribution is 2.14. The molecule has 1 N–H and O–H groups in total. The molecule has 0 aliphatic rings. The van der Waals surface area contributed by atoms with E-state index in [9.17, 15) is 18.4 Å². The lowest BCUT2D eigenvalue weighted by Gasteiger charge is -2.07. The Morgan fingerprint density at radius 2 is 1.71 bits per heavy atom. The van der Waals surface area contributed by atoms with E-state index in [0.29, 0.717) is 11.3 Å². The molecule has 108 valence electrons. The average molecular weight is 289 g/mol. The molecular formula is C16H13F2NO2. The van der Waals surface area contributed by atoms with Gasteiger partial charge in [0, 0.05) is 16.8 Å². The van der Waals surface area contributed by atoms with Gasteiger partial charge in [0.05, 0.1) is 6.42 Å². The van der Waals surface area contributed by atoms with Gasteiger partial charge in [-0.1, -0.05) is 12.1 Å². The predicted molar refractivity (Wildman–Crippen MR) is 75.1 cm³/mol. The summed E-state index contributed by atoms with van der Waals surface area (Å²) in [6.07, 6.45) is -0.266. The molecule has 3 nitrogen and oxygen atoms in total. The van der Waals surface area contributed by atoms with Crippen molar-refractivity contribution in [1.82, 2.24) is 0 Å². The van der Waals surface area contributed by atoms with Crippen LogP contribution in [0.1, 0.15) is 22.8 Å². The fourth-order valence-electron chi connectivity index (χ4n) is 1.85. The zero-order valence-corrected chi connectivity index (χ0v) is 11.3. The minimum atomic E-state index is -1.01. The number of ketones is 1. The Kier molecular flexibility index (Phi) is 4.42. The summed E-state index contributed by atoms with van der Waals surface area (Å²) in [5, 5.41) is 2.56. The van der Waals surface area contributed by atoms with Gasteiger partial charge in [0.15, 0.2) is 17.4 Å². The first kappa shape index (κ1) is 14.8. The van der Waals surface area contributed by atoms with Crippen LogP contribution in [-0.2, 0) is 11.2 Å². The molecule has 2 rings (SSSR count). The standard InChI is InChI=1S/C16H13F2NO2/c1-10(20)11-5-7-13(8-6-11)19-15(21)9-12-3-2-4-14(17)16(12)18/h2-8H,9H2,1H3,(H,19,21). The number of carbonyl (C=O) groups is 2. The Balaban J connectivity index is 2.04. The first-order valence-electron chi connectivity index (χ1n) is 6.31. The number of benzene rings is 2. The van der Waals surface area contributed by atoms with Crippen LogP contribution in [0.5, 0.6) is 0 Å². The van der Waals surface area contributed by atoms with Crippen LogP contribution in [-0.4, -0.2) is 11.7 Å². The van der Waals surface area contributed by atoms with Crippen molar-refractivity contribution >= 4 is 17.4 Å². The minimum absolute atomic E-state index is 0.00661. The van der Waals surface area contributed by atoms with Gasteiger partial charge in [-0.15, -0.1) is 0 Å². The summed E-state index contributed by atoms with van der Waals surface area (Å²) in [4.78, 5) is 22.9. The highest BCUT2D eigenvalue weighted by Gasteiger charge is 2.11. The maximum absolute atomic E-state index is 13.5. The van der Waals surface area contributed by atoms with Crippen molar-refractivity contribution in [3.8, 4) is 0 Å². The van der Waals surface area contributed by atoms with Crippen LogP contribution >= 0.6 is 0 Å². The molecule has 0 saturated carbocycles. The molecule has 0 fully saturated rings. The molecule has 0 bridgehead atoms. The summed E-state index contributed by atoms with van der Waals surface area (Å²) >= 11 is 0. The maximum atomic E-state index is 13.5. The van der Waals surface area contributed by atoms with Gasteiger partial charge < -0.3 is 5.32 Å². The molecule has 21 heavy (non-hydrogen) atoms. The Labute approximate surface area is 120 Å². The second-order valence-electron chi connectivity index (χ2n) is 4.57. The lowest BCUT2D eigenvalue weighted by atomic mass is 10.1. The number of Topliss-reactive ketones (excluding diaryl/α,β-unsaturated/α-hetero) is 1. The Hall–Kier alpha value is -2.56. The third kappa shape index (κ3) is 3.72. The van der Waals surface area contributed by atoms with Gasteiger partial charge in [0.25, 0.3) is 0 Å². The monoisotopic (exact) mass is 289 g/mol. The number of rotatable bonds is 4. The van der Waals surface area contributed by atoms with Gasteiger partial charge in [-0.3, -0.25) is 9.59 Å².